The maximum Gasteiger partial charge on any atom is 0.0544 e. The van der Waals surface area contributed by atoms with Crippen LogP contribution in [0.1, 0.15) is 28.9 Å². The molecule has 1 aromatic carbocycles. The molecule has 2 heteroatoms. The van der Waals surface area contributed by atoms with Gasteiger partial charge in [-0.25, -0.2) is 0 Å². The van der Waals surface area contributed by atoms with Crippen LogP contribution in [0.15, 0.2) is 42.5 Å². The van der Waals surface area contributed by atoms with Crippen molar-refractivity contribution in [3.8, 4) is 0 Å². The number of aryl methyl sites for hydroxylation is 2. The summed E-state index contributed by atoms with van der Waals surface area (Å²) in [6, 6.07) is 15.6. The zero-order valence-corrected chi connectivity index (χ0v) is 11.4. The number of rotatable bonds is 3. The highest BCUT2D eigenvalue weighted by atomic mass is 14.9. The van der Waals surface area contributed by atoms with Gasteiger partial charge in [-0.05, 0) is 49.4 Å². The molecule has 1 heterocycles. The fourth-order valence-electron chi connectivity index (χ4n) is 2.82. The number of hydrogen-bond donors (Lipinski definition) is 1. The van der Waals surface area contributed by atoms with E-state index in [0.29, 0.717) is 6.04 Å². The summed E-state index contributed by atoms with van der Waals surface area (Å²) in [5.41, 5.74) is 5.25. The molecule has 0 saturated carbocycles. The fraction of sp³-hybridized carbons (Fsp3) is 0.353. The lowest BCUT2D eigenvalue weighted by Gasteiger charge is -2.25. The summed E-state index contributed by atoms with van der Waals surface area (Å²) < 4.78 is 0. The second kappa shape index (κ2) is 5.54. The quantitative estimate of drug-likeness (QED) is 0.908. The molecule has 0 saturated heterocycles. The highest BCUT2D eigenvalue weighted by Gasteiger charge is 2.17. The van der Waals surface area contributed by atoms with Gasteiger partial charge >= 0.3 is 0 Å². The normalized spacial score (nSPS) is 18.1. The molecule has 2 nitrogen and oxygen atoms in total. The highest BCUT2D eigenvalue weighted by molar-refractivity contribution is 5.30. The first-order valence-electron chi connectivity index (χ1n) is 7.04. The maximum atomic E-state index is 4.54. The van der Waals surface area contributed by atoms with Crippen molar-refractivity contribution in [2.75, 3.05) is 0 Å². The third-order valence-corrected chi connectivity index (χ3v) is 3.86. The van der Waals surface area contributed by atoms with Crippen LogP contribution in [-0.4, -0.2) is 11.0 Å². The summed E-state index contributed by atoms with van der Waals surface area (Å²) in [6.45, 7) is 2.91. The van der Waals surface area contributed by atoms with Crippen LogP contribution in [-0.2, 0) is 19.4 Å². The van der Waals surface area contributed by atoms with E-state index in [1.807, 2.05) is 13.0 Å². The summed E-state index contributed by atoms with van der Waals surface area (Å²) in [5, 5.41) is 3.64. The van der Waals surface area contributed by atoms with Crippen LogP contribution in [0, 0.1) is 6.92 Å². The van der Waals surface area contributed by atoms with Gasteiger partial charge in [-0.2, -0.15) is 0 Å². The van der Waals surface area contributed by atoms with Gasteiger partial charge in [0.05, 0.1) is 5.69 Å². The molecule has 0 aliphatic heterocycles. The number of nitrogens with one attached hydrogen (secondary N) is 1. The summed E-state index contributed by atoms with van der Waals surface area (Å²) in [7, 11) is 0. The van der Waals surface area contributed by atoms with Gasteiger partial charge in [0.25, 0.3) is 0 Å². The van der Waals surface area contributed by atoms with Crippen LogP contribution in [0.5, 0.6) is 0 Å². The van der Waals surface area contributed by atoms with Crippen LogP contribution in [0.25, 0.3) is 0 Å². The largest absolute Gasteiger partial charge is 0.308 e. The molecule has 1 unspecified atom stereocenters. The van der Waals surface area contributed by atoms with Gasteiger partial charge in [0.1, 0.15) is 0 Å². The Morgan fingerprint density at radius 1 is 1.11 bits per heavy atom. The number of fused-ring (bicyclic) bond motifs is 1. The fourth-order valence-corrected chi connectivity index (χ4v) is 2.82. The first-order chi connectivity index (χ1) is 9.31. The molecular formula is C17H20N2. The maximum absolute atomic E-state index is 4.54. The lowest BCUT2D eigenvalue weighted by molar-refractivity contribution is 0.454. The van der Waals surface area contributed by atoms with E-state index in [1.54, 1.807) is 0 Å². The topological polar surface area (TPSA) is 24.9 Å². The Bertz CT molecular complexity index is 563. The van der Waals surface area contributed by atoms with Gasteiger partial charge in [-0.15, -0.1) is 0 Å². The predicted molar refractivity (Wildman–Crippen MR) is 78.1 cm³/mol. The SMILES string of the molecule is Cc1cccc(CNC2CCc3ccccc3C2)n1. The summed E-state index contributed by atoms with van der Waals surface area (Å²) in [5.74, 6) is 0. The standard InChI is InChI=1S/C17H20N2/c1-13-5-4-8-17(19-13)12-18-16-10-9-14-6-2-3-7-15(14)11-16/h2-8,16,18H,9-12H2,1H3. The molecule has 0 spiro atoms. The number of pyridine rings is 1. The average Bonchev–Trinajstić information content (AvgIpc) is 2.45. The Labute approximate surface area is 114 Å². The first-order valence-corrected chi connectivity index (χ1v) is 7.04. The minimum absolute atomic E-state index is 0.581. The van der Waals surface area contributed by atoms with Crippen molar-refractivity contribution in [1.29, 1.82) is 0 Å². The third-order valence-electron chi connectivity index (χ3n) is 3.86. The van der Waals surface area contributed by atoms with E-state index < -0.39 is 0 Å². The monoisotopic (exact) mass is 252 g/mol. The Hall–Kier alpha value is -1.67. The Balaban J connectivity index is 1.61. The predicted octanol–water partition coefficient (Wildman–Crippen LogP) is 3.04. The van der Waals surface area contributed by atoms with Crippen LogP contribution in [0.3, 0.4) is 0 Å². The van der Waals surface area contributed by atoms with E-state index in [0.717, 1.165) is 24.4 Å². The van der Waals surface area contributed by atoms with Gasteiger partial charge < -0.3 is 5.32 Å². The molecule has 98 valence electrons. The number of aromatic nitrogens is 1. The smallest absolute Gasteiger partial charge is 0.0544 e. The van der Waals surface area contributed by atoms with Crippen molar-refractivity contribution < 1.29 is 0 Å². The van der Waals surface area contributed by atoms with Gasteiger partial charge in [0.2, 0.25) is 0 Å². The molecule has 1 aliphatic rings. The van der Waals surface area contributed by atoms with Crippen LogP contribution >= 0.6 is 0 Å². The number of benzene rings is 1. The second-order valence-corrected chi connectivity index (χ2v) is 5.36. The molecule has 1 atom stereocenters. The second-order valence-electron chi connectivity index (χ2n) is 5.36. The van der Waals surface area contributed by atoms with E-state index in [2.05, 4.69) is 46.7 Å². The van der Waals surface area contributed by atoms with E-state index in [4.69, 9.17) is 0 Å². The van der Waals surface area contributed by atoms with E-state index in [1.165, 1.54) is 24.0 Å². The Kier molecular flexibility index (Phi) is 3.60. The van der Waals surface area contributed by atoms with Crippen LogP contribution < -0.4 is 5.32 Å². The molecular weight excluding hydrogens is 232 g/mol. The summed E-state index contributed by atoms with van der Waals surface area (Å²) in [6.07, 6.45) is 3.56. The van der Waals surface area contributed by atoms with E-state index >= 15 is 0 Å². The number of nitrogens with zero attached hydrogens (tertiary/aromatic N) is 1. The zero-order valence-electron chi connectivity index (χ0n) is 11.4. The third kappa shape index (κ3) is 3.02. The van der Waals surface area contributed by atoms with Crippen molar-refractivity contribution in [2.45, 2.75) is 38.8 Å². The average molecular weight is 252 g/mol. The van der Waals surface area contributed by atoms with Crippen molar-refractivity contribution in [2.24, 2.45) is 0 Å². The molecule has 0 fully saturated rings. The molecule has 1 N–H and O–H groups in total. The molecule has 2 aromatic rings. The van der Waals surface area contributed by atoms with Gasteiger partial charge in [-0.1, -0.05) is 30.3 Å². The van der Waals surface area contributed by atoms with Crippen LogP contribution in [0.2, 0.25) is 0 Å². The Morgan fingerprint density at radius 2 is 1.95 bits per heavy atom. The lowest BCUT2D eigenvalue weighted by atomic mass is 9.88. The molecule has 0 radical (unpaired) electrons. The lowest BCUT2D eigenvalue weighted by Crippen LogP contribution is -2.34. The molecule has 0 amide bonds. The molecule has 19 heavy (non-hydrogen) atoms. The molecule has 3 rings (SSSR count). The zero-order chi connectivity index (χ0) is 13.1. The van der Waals surface area contributed by atoms with E-state index in [-0.39, 0.29) is 0 Å². The van der Waals surface area contributed by atoms with Gasteiger partial charge in [0.15, 0.2) is 0 Å². The van der Waals surface area contributed by atoms with Crippen molar-refractivity contribution >= 4 is 0 Å². The first kappa shape index (κ1) is 12.4. The molecule has 0 bridgehead atoms. The van der Waals surface area contributed by atoms with Crippen LogP contribution in [0.4, 0.5) is 0 Å². The van der Waals surface area contributed by atoms with Gasteiger partial charge in [0, 0.05) is 18.3 Å². The highest BCUT2D eigenvalue weighted by Crippen LogP contribution is 2.21. The molecule has 1 aromatic heterocycles. The van der Waals surface area contributed by atoms with E-state index in [9.17, 15) is 0 Å². The van der Waals surface area contributed by atoms with Crippen molar-refractivity contribution in [3.05, 3.63) is 65.0 Å². The summed E-state index contributed by atoms with van der Waals surface area (Å²) >= 11 is 0. The summed E-state index contributed by atoms with van der Waals surface area (Å²) in [4.78, 5) is 4.54. The minimum atomic E-state index is 0.581. The number of hydrogen-bond acceptors (Lipinski definition) is 2. The van der Waals surface area contributed by atoms with Crippen molar-refractivity contribution in [3.63, 3.8) is 0 Å². The molecule has 1 aliphatic carbocycles. The minimum Gasteiger partial charge on any atom is -0.308 e. The van der Waals surface area contributed by atoms with Gasteiger partial charge in [-0.3, -0.25) is 4.98 Å². The Morgan fingerprint density at radius 3 is 2.79 bits per heavy atom. The van der Waals surface area contributed by atoms with Crippen molar-refractivity contribution in [1.82, 2.24) is 10.3 Å².